The van der Waals surface area contributed by atoms with Crippen molar-refractivity contribution in [3.63, 3.8) is 0 Å². The Labute approximate surface area is 251 Å². The minimum Gasteiger partial charge on any atom is -0.383 e. The molecule has 5 aromatic heterocycles. The van der Waals surface area contributed by atoms with Gasteiger partial charge in [-0.3, -0.25) is 9.55 Å². The number of hydrogen-bond donors (Lipinski definition) is 2. The summed E-state index contributed by atoms with van der Waals surface area (Å²) < 4.78 is 15.5. The zero-order valence-corrected chi connectivity index (χ0v) is 23.5. The van der Waals surface area contributed by atoms with Gasteiger partial charge < -0.3 is 16.0 Å². The highest BCUT2D eigenvalue weighted by atomic mass is 19.1. The summed E-state index contributed by atoms with van der Waals surface area (Å²) >= 11 is 0. The maximum atomic E-state index is 13.5. The van der Waals surface area contributed by atoms with E-state index in [1.54, 1.807) is 18.5 Å². The van der Waals surface area contributed by atoms with Crippen LogP contribution in [-0.2, 0) is 6.54 Å². The van der Waals surface area contributed by atoms with Crippen molar-refractivity contribution in [1.29, 1.82) is 5.26 Å². The lowest BCUT2D eigenvalue weighted by Gasteiger charge is -2.18. The quantitative estimate of drug-likeness (QED) is 0.279. The Bertz CT molecular complexity index is 2000. The Morgan fingerprint density at radius 3 is 2.59 bits per heavy atom. The van der Waals surface area contributed by atoms with Crippen LogP contribution in [0.3, 0.4) is 0 Å². The number of nitrogens with two attached hydrogens (primary N) is 1. The molecule has 1 unspecified atom stereocenters. The van der Waals surface area contributed by atoms with Crippen molar-refractivity contribution >= 4 is 22.8 Å². The Morgan fingerprint density at radius 1 is 0.932 bits per heavy atom. The summed E-state index contributed by atoms with van der Waals surface area (Å²) in [6, 6.07) is 22.7. The number of rotatable bonds is 7. The molecule has 1 atom stereocenters. The SMILES string of the molecule is N#Cc1nccc(N2CCC(NCc3ccc(-n4c(-c5cccnc5N)nc5ccc(-c6ccc(F)cn6)nc54)cc3)C2)n1. The molecule has 0 saturated carbocycles. The summed E-state index contributed by atoms with van der Waals surface area (Å²) in [7, 11) is 0. The minimum absolute atomic E-state index is 0.178. The Kier molecular flexibility index (Phi) is 7.05. The Morgan fingerprint density at radius 2 is 1.80 bits per heavy atom. The van der Waals surface area contributed by atoms with E-state index in [0.29, 0.717) is 46.3 Å². The molecule has 0 aliphatic carbocycles. The van der Waals surface area contributed by atoms with Crippen LogP contribution in [0.15, 0.2) is 85.3 Å². The lowest BCUT2D eigenvalue weighted by Crippen LogP contribution is -2.32. The van der Waals surface area contributed by atoms with Crippen molar-refractivity contribution in [1.82, 2.24) is 39.8 Å². The largest absolute Gasteiger partial charge is 0.383 e. The summed E-state index contributed by atoms with van der Waals surface area (Å²) in [5, 5.41) is 12.8. The molecule has 216 valence electrons. The topological polar surface area (TPSA) is 147 Å². The summed E-state index contributed by atoms with van der Waals surface area (Å²) in [5.41, 5.74) is 11.4. The van der Waals surface area contributed by atoms with Gasteiger partial charge >= 0.3 is 0 Å². The maximum Gasteiger partial charge on any atom is 0.234 e. The van der Waals surface area contributed by atoms with Gasteiger partial charge in [-0.05, 0) is 66.6 Å². The maximum absolute atomic E-state index is 13.5. The van der Waals surface area contributed by atoms with E-state index in [1.807, 2.05) is 53.1 Å². The van der Waals surface area contributed by atoms with Gasteiger partial charge in [0.1, 0.15) is 29.0 Å². The molecule has 11 nitrogen and oxygen atoms in total. The zero-order chi connectivity index (χ0) is 30.0. The third-order valence-electron chi connectivity index (χ3n) is 7.62. The van der Waals surface area contributed by atoms with Gasteiger partial charge in [0, 0.05) is 43.8 Å². The lowest BCUT2D eigenvalue weighted by molar-refractivity contribution is 0.551. The smallest absolute Gasteiger partial charge is 0.234 e. The molecular weight excluding hydrogens is 557 g/mol. The summed E-state index contributed by atoms with van der Waals surface area (Å²) in [6.07, 6.45) is 5.41. The van der Waals surface area contributed by atoms with Gasteiger partial charge in [-0.1, -0.05) is 12.1 Å². The van der Waals surface area contributed by atoms with Crippen molar-refractivity contribution in [2.24, 2.45) is 0 Å². The van der Waals surface area contributed by atoms with Gasteiger partial charge in [0.25, 0.3) is 0 Å². The summed E-state index contributed by atoms with van der Waals surface area (Å²) in [5.74, 6) is 1.52. The van der Waals surface area contributed by atoms with Gasteiger partial charge in [-0.2, -0.15) is 5.26 Å². The molecule has 12 heteroatoms. The molecule has 0 bridgehead atoms. The van der Waals surface area contributed by atoms with Crippen LogP contribution in [0.4, 0.5) is 16.0 Å². The second-order valence-electron chi connectivity index (χ2n) is 10.4. The van der Waals surface area contributed by atoms with Gasteiger partial charge in [0.15, 0.2) is 11.5 Å². The molecule has 3 N–H and O–H groups in total. The fourth-order valence-electron chi connectivity index (χ4n) is 5.40. The molecule has 0 spiro atoms. The highest BCUT2D eigenvalue weighted by molar-refractivity contribution is 5.84. The van der Waals surface area contributed by atoms with E-state index < -0.39 is 5.82 Å². The third kappa shape index (κ3) is 5.28. The predicted octanol–water partition coefficient (Wildman–Crippen LogP) is 4.30. The van der Waals surface area contributed by atoms with Gasteiger partial charge in [-0.15, -0.1) is 0 Å². The number of aromatic nitrogens is 7. The van der Waals surface area contributed by atoms with Gasteiger partial charge in [-0.25, -0.2) is 29.3 Å². The van der Waals surface area contributed by atoms with Crippen LogP contribution < -0.4 is 16.0 Å². The van der Waals surface area contributed by atoms with Crippen molar-refractivity contribution < 1.29 is 4.39 Å². The molecule has 0 radical (unpaired) electrons. The molecule has 44 heavy (non-hydrogen) atoms. The minimum atomic E-state index is -0.408. The van der Waals surface area contributed by atoms with Crippen LogP contribution in [0.1, 0.15) is 17.8 Å². The average Bonchev–Trinajstić information content (AvgIpc) is 3.69. The number of nitrogen functional groups attached to an aromatic ring is 1. The van der Waals surface area contributed by atoms with E-state index in [2.05, 4.69) is 42.3 Å². The number of pyridine rings is 3. The standard InChI is InChI=1S/C32H26FN11/c33-21-5-8-25(39-18-21)26-9-10-27-32(40-26)44(31(41-27)24-2-1-13-37-30(24)35)23-6-3-20(4-7-23)17-38-22-12-15-43(19-22)29-11-14-36-28(16-34)42-29/h1-11,13-14,18,22,38H,12,15,17,19H2,(H2,35,37). The first kappa shape index (κ1) is 27.1. The van der Waals surface area contributed by atoms with Crippen LogP contribution in [0.5, 0.6) is 0 Å². The highest BCUT2D eigenvalue weighted by Crippen LogP contribution is 2.31. The van der Waals surface area contributed by atoms with Crippen LogP contribution >= 0.6 is 0 Å². The average molecular weight is 584 g/mol. The lowest BCUT2D eigenvalue weighted by atomic mass is 10.1. The molecule has 1 fully saturated rings. The van der Waals surface area contributed by atoms with Crippen LogP contribution in [0.2, 0.25) is 0 Å². The number of fused-ring (bicyclic) bond motifs is 1. The zero-order valence-electron chi connectivity index (χ0n) is 23.5. The normalized spacial score (nSPS) is 14.6. The van der Waals surface area contributed by atoms with Gasteiger partial charge in [0.05, 0.1) is 23.1 Å². The van der Waals surface area contributed by atoms with E-state index in [0.717, 1.165) is 36.6 Å². The second kappa shape index (κ2) is 11.5. The third-order valence-corrected chi connectivity index (χ3v) is 7.62. The van der Waals surface area contributed by atoms with E-state index in [4.69, 9.17) is 21.0 Å². The van der Waals surface area contributed by atoms with Crippen LogP contribution in [0.25, 0.3) is 39.6 Å². The van der Waals surface area contributed by atoms with E-state index in [-0.39, 0.29) is 11.9 Å². The monoisotopic (exact) mass is 583 g/mol. The van der Waals surface area contributed by atoms with E-state index >= 15 is 0 Å². The number of nitriles is 1. The van der Waals surface area contributed by atoms with Crippen LogP contribution in [0, 0.1) is 17.1 Å². The predicted molar refractivity (Wildman–Crippen MR) is 164 cm³/mol. The van der Waals surface area contributed by atoms with Crippen molar-refractivity contribution in [3.8, 4) is 34.5 Å². The number of hydrogen-bond acceptors (Lipinski definition) is 10. The first-order chi connectivity index (χ1) is 21.6. The molecule has 1 aliphatic heterocycles. The molecule has 6 heterocycles. The molecule has 6 aromatic rings. The van der Waals surface area contributed by atoms with Crippen molar-refractivity contribution in [2.75, 3.05) is 23.7 Å². The van der Waals surface area contributed by atoms with E-state index in [9.17, 15) is 4.39 Å². The fourth-order valence-corrected chi connectivity index (χ4v) is 5.40. The van der Waals surface area contributed by atoms with Gasteiger partial charge in [0.2, 0.25) is 5.82 Å². The summed E-state index contributed by atoms with van der Waals surface area (Å²) in [6.45, 7) is 2.35. The highest BCUT2D eigenvalue weighted by Gasteiger charge is 2.24. The number of anilines is 2. The number of halogens is 1. The molecule has 0 amide bonds. The Balaban J connectivity index is 1.16. The number of nitrogens with zero attached hydrogens (tertiary/aromatic N) is 9. The first-order valence-electron chi connectivity index (χ1n) is 14.1. The second-order valence-corrected chi connectivity index (χ2v) is 10.4. The number of imidazole rings is 1. The number of benzene rings is 1. The molecule has 1 saturated heterocycles. The van der Waals surface area contributed by atoms with Crippen molar-refractivity contribution in [3.05, 3.63) is 103 Å². The number of nitrogens with one attached hydrogen (secondary N) is 1. The molecule has 1 aliphatic rings. The Hall–Kier alpha value is -5.80. The van der Waals surface area contributed by atoms with Crippen molar-refractivity contribution in [2.45, 2.75) is 19.0 Å². The molecular formula is C32H26FN11. The van der Waals surface area contributed by atoms with E-state index in [1.165, 1.54) is 12.3 Å². The first-order valence-corrected chi connectivity index (χ1v) is 14.1. The molecule has 7 rings (SSSR count). The molecule has 1 aromatic carbocycles. The summed E-state index contributed by atoms with van der Waals surface area (Å²) in [4.78, 5) is 28.7. The van der Waals surface area contributed by atoms with Crippen LogP contribution in [-0.4, -0.2) is 53.6 Å². The fraction of sp³-hybridized carbons (Fsp3) is 0.156.